The summed E-state index contributed by atoms with van der Waals surface area (Å²) in [4.78, 5) is 1.37. The Bertz CT molecular complexity index is 372. The first-order valence-corrected chi connectivity index (χ1v) is 6.64. The third-order valence-corrected chi connectivity index (χ3v) is 4.36. The molecule has 1 saturated heterocycles. The monoisotopic (exact) mass is 237 g/mol. The number of methoxy groups -OCH3 is 1. The fourth-order valence-electron chi connectivity index (χ4n) is 2.02. The lowest BCUT2D eigenvalue weighted by molar-refractivity contribution is 0.411. The highest BCUT2D eigenvalue weighted by Gasteiger charge is 2.16. The van der Waals surface area contributed by atoms with Gasteiger partial charge in [0.15, 0.2) is 0 Å². The lowest BCUT2D eigenvalue weighted by atomic mass is 10.1. The van der Waals surface area contributed by atoms with Crippen molar-refractivity contribution in [3.63, 3.8) is 0 Å². The van der Waals surface area contributed by atoms with Crippen LogP contribution in [-0.4, -0.2) is 19.0 Å². The van der Waals surface area contributed by atoms with Crippen LogP contribution in [0.2, 0.25) is 0 Å². The summed E-state index contributed by atoms with van der Waals surface area (Å²) in [5, 5.41) is 4.10. The number of hydrogen-bond donors (Lipinski definition) is 1. The molecule has 16 heavy (non-hydrogen) atoms. The first kappa shape index (κ1) is 11.8. The van der Waals surface area contributed by atoms with E-state index in [4.69, 9.17) is 4.74 Å². The number of nitrogens with one attached hydrogen (secondary N) is 1. The van der Waals surface area contributed by atoms with Crippen molar-refractivity contribution in [1.82, 2.24) is 5.32 Å². The molecule has 0 bridgehead atoms. The van der Waals surface area contributed by atoms with Gasteiger partial charge in [-0.3, -0.25) is 0 Å². The lowest BCUT2D eigenvalue weighted by Gasteiger charge is -2.14. The summed E-state index contributed by atoms with van der Waals surface area (Å²) >= 11 is 1.94. The van der Waals surface area contributed by atoms with Gasteiger partial charge in [-0.05, 0) is 56.5 Å². The zero-order valence-corrected chi connectivity index (χ0v) is 11.0. The molecule has 1 unspecified atom stereocenters. The van der Waals surface area contributed by atoms with Crippen LogP contribution >= 0.6 is 11.8 Å². The van der Waals surface area contributed by atoms with Crippen molar-refractivity contribution in [2.24, 2.45) is 0 Å². The average Bonchev–Trinajstić information content (AvgIpc) is 2.75. The van der Waals surface area contributed by atoms with Gasteiger partial charge in [0.1, 0.15) is 5.75 Å². The van der Waals surface area contributed by atoms with Gasteiger partial charge in [-0.15, -0.1) is 11.8 Å². The van der Waals surface area contributed by atoms with E-state index in [1.54, 1.807) is 7.11 Å². The molecule has 88 valence electrons. The molecule has 1 fully saturated rings. The van der Waals surface area contributed by atoms with Gasteiger partial charge in [0.05, 0.1) is 12.5 Å². The van der Waals surface area contributed by atoms with E-state index in [1.165, 1.54) is 28.9 Å². The van der Waals surface area contributed by atoms with Gasteiger partial charge in [-0.1, -0.05) is 0 Å². The molecular weight excluding hydrogens is 218 g/mol. The molecule has 2 rings (SSSR count). The molecule has 3 heteroatoms. The molecule has 1 aromatic carbocycles. The Kier molecular flexibility index (Phi) is 3.77. The van der Waals surface area contributed by atoms with Crippen LogP contribution in [0, 0.1) is 13.8 Å². The molecule has 1 N–H and O–H groups in total. The number of thioether (sulfide) groups is 1. The Morgan fingerprint density at radius 2 is 2.12 bits per heavy atom. The van der Waals surface area contributed by atoms with Crippen LogP contribution in [0.1, 0.15) is 24.0 Å². The quantitative estimate of drug-likeness (QED) is 0.873. The van der Waals surface area contributed by atoms with Crippen molar-refractivity contribution in [3.05, 3.63) is 23.3 Å². The summed E-state index contributed by atoms with van der Waals surface area (Å²) in [6.45, 7) is 5.41. The Hall–Kier alpha value is -0.670. The van der Waals surface area contributed by atoms with E-state index in [9.17, 15) is 0 Å². The van der Waals surface area contributed by atoms with Gasteiger partial charge in [0.25, 0.3) is 0 Å². The zero-order chi connectivity index (χ0) is 11.5. The SMILES string of the molecule is COc1cc(C)c(SC2CCCN2)cc1C. The summed E-state index contributed by atoms with van der Waals surface area (Å²) in [6.07, 6.45) is 2.57. The van der Waals surface area contributed by atoms with Crippen LogP contribution in [0.3, 0.4) is 0 Å². The average molecular weight is 237 g/mol. The highest BCUT2D eigenvalue weighted by atomic mass is 32.2. The topological polar surface area (TPSA) is 21.3 Å². The van der Waals surface area contributed by atoms with Gasteiger partial charge in [0.2, 0.25) is 0 Å². The third-order valence-electron chi connectivity index (χ3n) is 2.98. The second-order valence-electron chi connectivity index (χ2n) is 4.29. The molecule has 0 radical (unpaired) electrons. The van der Waals surface area contributed by atoms with E-state index in [0.29, 0.717) is 5.37 Å². The number of rotatable bonds is 3. The molecule has 1 heterocycles. The number of ether oxygens (including phenoxy) is 1. The normalized spacial score (nSPS) is 20.1. The summed E-state index contributed by atoms with van der Waals surface area (Å²) < 4.78 is 5.33. The minimum atomic E-state index is 0.589. The van der Waals surface area contributed by atoms with E-state index in [2.05, 4.69) is 31.3 Å². The number of aryl methyl sites for hydroxylation is 2. The maximum absolute atomic E-state index is 5.33. The highest BCUT2D eigenvalue weighted by Crippen LogP contribution is 2.33. The van der Waals surface area contributed by atoms with Crippen molar-refractivity contribution in [2.45, 2.75) is 37.0 Å². The molecular formula is C13H19NOS. The lowest BCUT2D eigenvalue weighted by Crippen LogP contribution is -2.17. The van der Waals surface area contributed by atoms with Crippen LogP contribution in [-0.2, 0) is 0 Å². The maximum Gasteiger partial charge on any atom is 0.122 e. The van der Waals surface area contributed by atoms with E-state index < -0.39 is 0 Å². The predicted octanol–water partition coefficient (Wildman–Crippen LogP) is 3.11. The maximum atomic E-state index is 5.33. The summed E-state index contributed by atoms with van der Waals surface area (Å²) in [5.74, 6) is 0.987. The van der Waals surface area contributed by atoms with Crippen molar-refractivity contribution in [3.8, 4) is 5.75 Å². The fourth-order valence-corrected chi connectivity index (χ4v) is 3.30. The van der Waals surface area contributed by atoms with Crippen LogP contribution in [0.5, 0.6) is 5.75 Å². The molecule has 1 aliphatic heterocycles. The molecule has 0 saturated carbocycles. The fraction of sp³-hybridized carbons (Fsp3) is 0.538. The smallest absolute Gasteiger partial charge is 0.122 e. The number of benzene rings is 1. The molecule has 0 amide bonds. The molecule has 0 aromatic heterocycles. The minimum Gasteiger partial charge on any atom is -0.496 e. The van der Waals surface area contributed by atoms with Gasteiger partial charge >= 0.3 is 0 Å². The van der Waals surface area contributed by atoms with E-state index in [1.807, 2.05) is 11.8 Å². The van der Waals surface area contributed by atoms with Gasteiger partial charge < -0.3 is 10.1 Å². The van der Waals surface area contributed by atoms with E-state index in [-0.39, 0.29) is 0 Å². The van der Waals surface area contributed by atoms with E-state index >= 15 is 0 Å². The van der Waals surface area contributed by atoms with Crippen molar-refractivity contribution in [1.29, 1.82) is 0 Å². The summed E-state index contributed by atoms with van der Waals surface area (Å²) in [5.41, 5.74) is 2.52. The molecule has 1 aliphatic rings. The Morgan fingerprint density at radius 3 is 2.75 bits per heavy atom. The van der Waals surface area contributed by atoms with Crippen molar-refractivity contribution < 1.29 is 4.74 Å². The van der Waals surface area contributed by atoms with Gasteiger partial charge in [-0.2, -0.15) is 0 Å². The molecule has 1 aromatic rings. The molecule has 1 atom stereocenters. The molecule has 0 spiro atoms. The van der Waals surface area contributed by atoms with Gasteiger partial charge in [0, 0.05) is 4.90 Å². The molecule has 2 nitrogen and oxygen atoms in total. The van der Waals surface area contributed by atoms with Gasteiger partial charge in [-0.25, -0.2) is 0 Å². The Morgan fingerprint density at radius 1 is 1.31 bits per heavy atom. The van der Waals surface area contributed by atoms with Crippen LogP contribution in [0.15, 0.2) is 17.0 Å². The van der Waals surface area contributed by atoms with Crippen molar-refractivity contribution in [2.75, 3.05) is 13.7 Å². The first-order valence-electron chi connectivity index (χ1n) is 5.76. The summed E-state index contributed by atoms with van der Waals surface area (Å²) in [6, 6.07) is 4.37. The predicted molar refractivity (Wildman–Crippen MR) is 69.3 cm³/mol. The van der Waals surface area contributed by atoms with Crippen LogP contribution < -0.4 is 10.1 Å². The number of hydrogen-bond acceptors (Lipinski definition) is 3. The second-order valence-corrected chi connectivity index (χ2v) is 5.53. The van der Waals surface area contributed by atoms with E-state index in [0.717, 1.165) is 12.3 Å². The third kappa shape index (κ3) is 2.53. The first-order chi connectivity index (χ1) is 7.70. The summed E-state index contributed by atoms with van der Waals surface area (Å²) in [7, 11) is 1.73. The largest absolute Gasteiger partial charge is 0.496 e. The van der Waals surface area contributed by atoms with Crippen molar-refractivity contribution >= 4 is 11.8 Å². The van der Waals surface area contributed by atoms with Crippen LogP contribution in [0.4, 0.5) is 0 Å². The minimum absolute atomic E-state index is 0.589. The van der Waals surface area contributed by atoms with Crippen LogP contribution in [0.25, 0.3) is 0 Å². The standard InChI is InChI=1S/C13H19NOS/c1-9-8-12(10(2)7-11(9)15-3)16-13-5-4-6-14-13/h7-8,13-14H,4-6H2,1-3H3. The Labute approximate surface area is 102 Å². The second kappa shape index (κ2) is 5.11. The Balaban J connectivity index is 2.17. The zero-order valence-electron chi connectivity index (χ0n) is 10.2. The molecule has 0 aliphatic carbocycles. The highest BCUT2D eigenvalue weighted by molar-refractivity contribution is 8.00.